The van der Waals surface area contributed by atoms with Crippen molar-refractivity contribution >= 4 is 11.6 Å². The SMILES string of the molecule is CN=C(NCC1CCCN(C)C1)NC1CCN(c2ccccc2)CC1. The molecule has 5 heteroatoms. The predicted octanol–water partition coefficient (Wildman–Crippen LogP) is 2.16. The fourth-order valence-corrected chi connectivity index (χ4v) is 3.99. The van der Waals surface area contributed by atoms with Crippen molar-refractivity contribution in [3.05, 3.63) is 30.3 Å². The predicted molar refractivity (Wildman–Crippen MR) is 106 cm³/mol. The molecule has 1 atom stereocenters. The number of benzene rings is 1. The van der Waals surface area contributed by atoms with Gasteiger partial charge in [0.15, 0.2) is 5.96 Å². The van der Waals surface area contributed by atoms with Gasteiger partial charge >= 0.3 is 0 Å². The summed E-state index contributed by atoms with van der Waals surface area (Å²) in [6.07, 6.45) is 4.94. The van der Waals surface area contributed by atoms with Gasteiger partial charge in [-0.2, -0.15) is 0 Å². The minimum atomic E-state index is 0.514. The number of para-hydroxylation sites is 1. The van der Waals surface area contributed by atoms with E-state index in [1.807, 2.05) is 7.05 Å². The quantitative estimate of drug-likeness (QED) is 0.649. The van der Waals surface area contributed by atoms with E-state index in [1.165, 1.54) is 31.6 Å². The molecule has 3 rings (SSSR count). The molecule has 2 heterocycles. The van der Waals surface area contributed by atoms with Crippen LogP contribution < -0.4 is 15.5 Å². The first-order valence-corrected chi connectivity index (χ1v) is 9.70. The fourth-order valence-electron chi connectivity index (χ4n) is 3.99. The van der Waals surface area contributed by atoms with Crippen molar-refractivity contribution in [3.63, 3.8) is 0 Å². The average Bonchev–Trinajstić information content (AvgIpc) is 2.66. The first kappa shape index (κ1) is 18.1. The van der Waals surface area contributed by atoms with Crippen LogP contribution in [0.3, 0.4) is 0 Å². The molecular weight excluding hydrogens is 310 g/mol. The molecule has 1 aromatic carbocycles. The molecule has 2 saturated heterocycles. The fraction of sp³-hybridized carbons (Fsp3) is 0.650. The summed E-state index contributed by atoms with van der Waals surface area (Å²) in [5.41, 5.74) is 1.34. The van der Waals surface area contributed by atoms with Crippen molar-refractivity contribution in [1.29, 1.82) is 0 Å². The number of piperidine rings is 2. The average molecular weight is 344 g/mol. The molecule has 0 aromatic heterocycles. The zero-order valence-electron chi connectivity index (χ0n) is 15.7. The van der Waals surface area contributed by atoms with Crippen LogP contribution in [0.5, 0.6) is 0 Å². The second-order valence-corrected chi connectivity index (χ2v) is 7.46. The van der Waals surface area contributed by atoms with Crippen molar-refractivity contribution in [3.8, 4) is 0 Å². The van der Waals surface area contributed by atoms with E-state index in [1.54, 1.807) is 0 Å². The van der Waals surface area contributed by atoms with Crippen molar-refractivity contribution < 1.29 is 0 Å². The highest BCUT2D eigenvalue weighted by Gasteiger charge is 2.21. The summed E-state index contributed by atoms with van der Waals surface area (Å²) in [6, 6.07) is 11.2. The first-order chi connectivity index (χ1) is 12.2. The zero-order valence-corrected chi connectivity index (χ0v) is 15.7. The lowest BCUT2D eigenvalue weighted by atomic mass is 9.98. The van der Waals surface area contributed by atoms with Gasteiger partial charge < -0.3 is 20.4 Å². The van der Waals surface area contributed by atoms with Crippen molar-refractivity contribution in [2.45, 2.75) is 31.7 Å². The molecule has 0 radical (unpaired) electrons. The number of hydrogen-bond donors (Lipinski definition) is 2. The topological polar surface area (TPSA) is 42.9 Å². The number of anilines is 1. The van der Waals surface area contributed by atoms with Gasteiger partial charge in [0, 0.05) is 45.0 Å². The van der Waals surface area contributed by atoms with Crippen LogP contribution >= 0.6 is 0 Å². The maximum atomic E-state index is 4.43. The third-order valence-corrected chi connectivity index (χ3v) is 5.46. The number of likely N-dealkylation sites (tertiary alicyclic amines) is 1. The van der Waals surface area contributed by atoms with Gasteiger partial charge in [-0.05, 0) is 57.3 Å². The van der Waals surface area contributed by atoms with Crippen molar-refractivity contribution in [1.82, 2.24) is 15.5 Å². The smallest absolute Gasteiger partial charge is 0.191 e. The number of hydrogen-bond acceptors (Lipinski definition) is 3. The highest BCUT2D eigenvalue weighted by atomic mass is 15.2. The lowest BCUT2D eigenvalue weighted by molar-refractivity contribution is 0.210. The van der Waals surface area contributed by atoms with Crippen LogP contribution in [0.1, 0.15) is 25.7 Å². The molecule has 0 bridgehead atoms. The number of nitrogens with one attached hydrogen (secondary N) is 2. The van der Waals surface area contributed by atoms with Gasteiger partial charge in [0.2, 0.25) is 0 Å². The van der Waals surface area contributed by atoms with Crippen LogP contribution in [0.2, 0.25) is 0 Å². The molecule has 2 N–H and O–H groups in total. The lowest BCUT2D eigenvalue weighted by Gasteiger charge is -2.35. The molecular formula is C20H33N5. The molecule has 1 aromatic rings. The second-order valence-electron chi connectivity index (χ2n) is 7.46. The summed E-state index contributed by atoms with van der Waals surface area (Å²) in [5.74, 6) is 1.70. The van der Waals surface area contributed by atoms with E-state index < -0.39 is 0 Å². The van der Waals surface area contributed by atoms with Gasteiger partial charge in [-0.15, -0.1) is 0 Å². The second kappa shape index (κ2) is 9.09. The van der Waals surface area contributed by atoms with Crippen LogP contribution in [0.25, 0.3) is 0 Å². The van der Waals surface area contributed by atoms with Gasteiger partial charge in [0.05, 0.1) is 0 Å². The summed E-state index contributed by atoms with van der Waals surface area (Å²) in [6.45, 7) is 5.66. The third kappa shape index (κ3) is 5.36. The van der Waals surface area contributed by atoms with E-state index in [0.29, 0.717) is 6.04 Å². The van der Waals surface area contributed by atoms with Crippen LogP contribution in [0.15, 0.2) is 35.3 Å². The van der Waals surface area contributed by atoms with E-state index in [4.69, 9.17) is 0 Å². The molecule has 0 aliphatic carbocycles. The van der Waals surface area contributed by atoms with Gasteiger partial charge in [0.1, 0.15) is 0 Å². The van der Waals surface area contributed by atoms with Crippen LogP contribution in [-0.2, 0) is 0 Å². The van der Waals surface area contributed by atoms with E-state index >= 15 is 0 Å². The number of guanidine groups is 1. The van der Waals surface area contributed by atoms with Crippen LogP contribution in [0, 0.1) is 5.92 Å². The highest BCUT2D eigenvalue weighted by Crippen LogP contribution is 2.19. The van der Waals surface area contributed by atoms with Crippen molar-refractivity contribution in [2.75, 3.05) is 51.7 Å². The monoisotopic (exact) mass is 343 g/mol. The summed E-state index contributed by atoms with van der Waals surface area (Å²) in [4.78, 5) is 9.34. The normalized spacial score (nSPS) is 23.5. The molecule has 0 saturated carbocycles. The summed E-state index contributed by atoms with van der Waals surface area (Å²) >= 11 is 0. The van der Waals surface area contributed by atoms with Gasteiger partial charge in [-0.1, -0.05) is 18.2 Å². The largest absolute Gasteiger partial charge is 0.371 e. The van der Waals surface area contributed by atoms with Crippen molar-refractivity contribution in [2.24, 2.45) is 10.9 Å². The zero-order chi connectivity index (χ0) is 17.5. The molecule has 2 aliphatic heterocycles. The Bertz CT molecular complexity index is 536. The van der Waals surface area contributed by atoms with E-state index in [-0.39, 0.29) is 0 Å². The van der Waals surface area contributed by atoms with Crippen LogP contribution in [-0.4, -0.2) is 63.7 Å². The minimum absolute atomic E-state index is 0.514. The Morgan fingerprint density at radius 3 is 2.56 bits per heavy atom. The maximum Gasteiger partial charge on any atom is 0.191 e. The first-order valence-electron chi connectivity index (χ1n) is 9.70. The van der Waals surface area contributed by atoms with E-state index in [2.05, 4.69) is 62.8 Å². The summed E-state index contributed by atoms with van der Waals surface area (Å²) in [7, 11) is 4.10. The summed E-state index contributed by atoms with van der Waals surface area (Å²) in [5, 5.41) is 7.18. The molecule has 0 spiro atoms. The number of rotatable bonds is 4. The highest BCUT2D eigenvalue weighted by molar-refractivity contribution is 5.80. The number of nitrogens with zero attached hydrogens (tertiary/aromatic N) is 3. The molecule has 5 nitrogen and oxygen atoms in total. The lowest BCUT2D eigenvalue weighted by Crippen LogP contribution is -2.50. The molecule has 1 unspecified atom stereocenters. The molecule has 2 aliphatic rings. The number of aliphatic imine (C=N–C) groups is 1. The van der Waals surface area contributed by atoms with E-state index in [9.17, 15) is 0 Å². The Morgan fingerprint density at radius 2 is 1.88 bits per heavy atom. The third-order valence-electron chi connectivity index (χ3n) is 5.46. The minimum Gasteiger partial charge on any atom is -0.371 e. The molecule has 138 valence electrons. The van der Waals surface area contributed by atoms with Gasteiger partial charge in [-0.25, -0.2) is 0 Å². The standard InChI is InChI=1S/C20H33N5/c1-21-20(22-15-17-7-6-12-24(2)16-17)23-18-10-13-25(14-11-18)19-8-4-3-5-9-19/h3-5,8-9,17-18H,6-7,10-16H2,1-2H3,(H2,21,22,23). The Morgan fingerprint density at radius 1 is 1.12 bits per heavy atom. The molecule has 2 fully saturated rings. The van der Waals surface area contributed by atoms with Gasteiger partial charge in [-0.3, -0.25) is 4.99 Å². The Balaban J connectivity index is 1.41. The molecule has 25 heavy (non-hydrogen) atoms. The van der Waals surface area contributed by atoms with Gasteiger partial charge in [0.25, 0.3) is 0 Å². The Kier molecular flexibility index (Phi) is 6.56. The Hall–Kier alpha value is -1.75. The Labute approximate surface area is 152 Å². The maximum absolute atomic E-state index is 4.43. The van der Waals surface area contributed by atoms with Crippen LogP contribution in [0.4, 0.5) is 5.69 Å². The molecule has 0 amide bonds. The van der Waals surface area contributed by atoms with E-state index in [0.717, 1.165) is 44.4 Å². The summed E-state index contributed by atoms with van der Waals surface area (Å²) < 4.78 is 0.